The molecule has 2 aromatic rings. The summed E-state index contributed by atoms with van der Waals surface area (Å²) in [6, 6.07) is 13.3. The summed E-state index contributed by atoms with van der Waals surface area (Å²) in [5.41, 5.74) is 0.932. The van der Waals surface area contributed by atoms with Crippen LogP contribution in [0.15, 0.2) is 54.9 Å². The smallest absolute Gasteiger partial charge is 0.158 e. The SMILES string of the molecule is C(#Cc1ccccc1)Oc1cccnc1. The molecule has 0 atom stereocenters. The minimum absolute atomic E-state index is 0.654. The molecule has 0 saturated carbocycles. The van der Waals surface area contributed by atoms with Crippen molar-refractivity contribution in [1.29, 1.82) is 0 Å². The molecule has 0 aliphatic carbocycles. The number of ether oxygens (including phenoxy) is 1. The molecule has 2 rings (SSSR count). The fraction of sp³-hybridized carbons (Fsp3) is 0. The zero-order chi connectivity index (χ0) is 10.3. The molecule has 0 radical (unpaired) electrons. The number of rotatable bonds is 1. The molecule has 0 N–H and O–H groups in total. The molecule has 0 saturated heterocycles. The van der Waals surface area contributed by atoms with Crippen LogP contribution in [0.3, 0.4) is 0 Å². The highest BCUT2D eigenvalue weighted by atomic mass is 16.5. The van der Waals surface area contributed by atoms with Crippen LogP contribution in [0, 0.1) is 12.0 Å². The lowest BCUT2D eigenvalue weighted by Gasteiger charge is -1.93. The summed E-state index contributed by atoms with van der Waals surface area (Å²) in [5.74, 6) is 3.55. The first-order valence-electron chi connectivity index (χ1n) is 4.58. The van der Waals surface area contributed by atoms with Gasteiger partial charge in [0.1, 0.15) is 6.11 Å². The van der Waals surface area contributed by atoms with E-state index in [-0.39, 0.29) is 0 Å². The zero-order valence-electron chi connectivity index (χ0n) is 8.05. The van der Waals surface area contributed by atoms with Crippen molar-refractivity contribution in [2.45, 2.75) is 0 Å². The number of aromatic nitrogens is 1. The molecule has 2 nitrogen and oxygen atoms in total. The van der Waals surface area contributed by atoms with Crippen molar-refractivity contribution in [3.63, 3.8) is 0 Å². The first kappa shape index (κ1) is 9.29. The van der Waals surface area contributed by atoms with Gasteiger partial charge in [0, 0.05) is 11.8 Å². The standard InChI is InChI=1S/C13H9NO/c1-2-5-12(6-3-1)8-10-15-13-7-4-9-14-11-13/h1-7,9,11H. The minimum Gasteiger partial charge on any atom is -0.406 e. The molecule has 0 aliphatic heterocycles. The van der Waals surface area contributed by atoms with E-state index in [0.717, 1.165) is 5.56 Å². The van der Waals surface area contributed by atoms with Gasteiger partial charge in [0.2, 0.25) is 0 Å². The van der Waals surface area contributed by atoms with E-state index < -0.39 is 0 Å². The maximum atomic E-state index is 5.19. The highest BCUT2D eigenvalue weighted by Gasteiger charge is 1.87. The first-order chi connectivity index (χ1) is 7.45. The second kappa shape index (κ2) is 4.83. The predicted octanol–water partition coefficient (Wildman–Crippen LogP) is 2.47. The second-order valence-electron chi connectivity index (χ2n) is 2.88. The van der Waals surface area contributed by atoms with Crippen LogP contribution in [0.25, 0.3) is 0 Å². The number of pyridine rings is 1. The lowest BCUT2D eigenvalue weighted by Crippen LogP contribution is -1.83. The van der Waals surface area contributed by atoms with Crippen molar-refractivity contribution in [3.05, 3.63) is 60.4 Å². The van der Waals surface area contributed by atoms with Gasteiger partial charge < -0.3 is 4.74 Å². The van der Waals surface area contributed by atoms with Crippen molar-refractivity contribution in [2.75, 3.05) is 0 Å². The Morgan fingerprint density at radius 3 is 2.60 bits per heavy atom. The van der Waals surface area contributed by atoms with Crippen molar-refractivity contribution >= 4 is 0 Å². The van der Waals surface area contributed by atoms with E-state index >= 15 is 0 Å². The van der Waals surface area contributed by atoms with Gasteiger partial charge in [0.25, 0.3) is 0 Å². The fourth-order valence-electron chi connectivity index (χ4n) is 1.07. The summed E-state index contributed by atoms with van der Waals surface area (Å²) < 4.78 is 5.19. The molecule has 0 spiro atoms. The van der Waals surface area contributed by atoms with E-state index in [4.69, 9.17) is 4.74 Å². The maximum Gasteiger partial charge on any atom is 0.158 e. The lowest BCUT2D eigenvalue weighted by atomic mass is 10.2. The Hall–Kier alpha value is -2.27. The molecule has 1 aromatic carbocycles. The van der Waals surface area contributed by atoms with E-state index in [2.05, 4.69) is 17.0 Å². The van der Waals surface area contributed by atoms with Crippen LogP contribution in [0.2, 0.25) is 0 Å². The molecule has 0 unspecified atom stereocenters. The quantitative estimate of drug-likeness (QED) is 0.652. The van der Waals surface area contributed by atoms with Gasteiger partial charge in [-0.1, -0.05) is 18.2 Å². The van der Waals surface area contributed by atoms with Gasteiger partial charge in [0.05, 0.1) is 6.20 Å². The van der Waals surface area contributed by atoms with E-state index in [1.165, 1.54) is 0 Å². The Bertz CT molecular complexity index is 468. The molecule has 1 heterocycles. The van der Waals surface area contributed by atoms with Crippen molar-refractivity contribution in [1.82, 2.24) is 4.98 Å². The van der Waals surface area contributed by atoms with Gasteiger partial charge in [0.15, 0.2) is 5.75 Å². The van der Waals surface area contributed by atoms with Gasteiger partial charge in [-0.15, -0.1) is 0 Å². The fourth-order valence-corrected chi connectivity index (χ4v) is 1.07. The molecule has 15 heavy (non-hydrogen) atoms. The minimum atomic E-state index is 0.654. The molecule has 0 bridgehead atoms. The van der Waals surface area contributed by atoms with Crippen LogP contribution in [-0.4, -0.2) is 4.98 Å². The van der Waals surface area contributed by atoms with Crippen molar-refractivity contribution < 1.29 is 4.74 Å². The summed E-state index contributed by atoms with van der Waals surface area (Å²) >= 11 is 0. The van der Waals surface area contributed by atoms with Crippen molar-refractivity contribution in [2.24, 2.45) is 0 Å². The Balaban J connectivity index is 2.03. The Labute approximate surface area is 88.6 Å². The predicted molar refractivity (Wildman–Crippen MR) is 58.2 cm³/mol. The first-order valence-corrected chi connectivity index (χ1v) is 4.58. The Morgan fingerprint density at radius 1 is 1.00 bits per heavy atom. The number of hydrogen-bond donors (Lipinski definition) is 0. The highest BCUT2D eigenvalue weighted by Crippen LogP contribution is 2.04. The van der Waals surface area contributed by atoms with E-state index in [1.54, 1.807) is 18.5 Å². The number of hydrogen-bond acceptors (Lipinski definition) is 2. The van der Waals surface area contributed by atoms with Gasteiger partial charge in [-0.25, -0.2) is 0 Å². The van der Waals surface area contributed by atoms with E-state index in [9.17, 15) is 0 Å². The van der Waals surface area contributed by atoms with Crippen LogP contribution < -0.4 is 4.74 Å². The summed E-state index contributed by atoms with van der Waals surface area (Å²) in [6.07, 6.45) is 5.94. The molecular formula is C13H9NO. The molecule has 0 aliphatic rings. The Kier molecular flexibility index (Phi) is 2.99. The molecular weight excluding hydrogens is 186 g/mol. The number of nitrogens with zero attached hydrogens (tertiary/aromatic N) is 1. The average molecular weight is 195 g/mol. The van der Waals surface area contributed by atoms with Crippen LogP contribution in [0.1, 0.15) is 5.56 Å². The van der Waals surface area contributed by atoms with Crippen LogP contribution in [-0.2, 0) is 0 Å². The molecule has 0 amide bonds. The summed E-state index contributed by atoms with van der Waals surface area (Å²) in [6.45, 7) is 0. The average Bonchev–Trinajstić information content (AvgIpc) is 2.32. The van der Waals surface area contributed by atoms with Gasteiger partial charge in [-0.3, -0.25) is 4.98 Å². The third kappa shape index (κ3) is 2.85. The van der Waals surface area contributed by atoms with Crippen LogP contribution in [0.5, 0.6) is 5.75 Å². The lowest BCUT2D eigenvalue weighted by molar-refractivity contribution is 0.517. The topological polar surface area (TPSA) is 22.1 Å². The molecule has 2 heteroatoms. The molecule has 0 fully saturated rings. The normalized spacial score (nSPS) is 8.80. The largest absolute Gasteiger partial charge is 0.406 e. The third-order valence-corrected chi connectivity index (χ3v) is 1.77. The van der Waals surface area contributed by atoms with Crippen LogP contribution in [0.4, 0.5) is 0 Å². The molecule has 72 valence electrons. The summed E-state index contributed by atoms with van der Waals surface area (Å²) in [4.78, 5) is 3.92. The molecule has 1 aromatic heterocycles. The van der Waals surface area contributed by atoms with Gasteiger partial charge >= 0.3 is 0 Å². The van der Waals surface area contributed by atoms with Crippen LogP contribution >= 0.6 is 0 Å². The monoisotopic (exact) mass is 195 g/mol. The summed E-state index contributed by atoms with van der Waals surface area (Å²) in [5, 5.41) is 0. The second-order valence-corrected chi connectivity index (χ2v) is 2.88. The van der Waals surface area contributed by atoms with E-state index in [0.29, 0.717) is 5.75 Å². The summed E-state index contributed by atoms with van der Waals surface area (Å²) in [7, 11) is 0. The Morgan fingerprint density at radius 2 is 1.87 bits per heavy atom. The van der Waals surface area contributed by atoms with Gasteiger partial charge in [-0.05, 0) is 30.2 Å². The maximum absolute atomic E-state index is 5.19. The number of benzene rings is 1. The third-order valence-electron chi connectivity index (χ3n) is 1.77. The van der Waals surface area contributed by atoms with E-state index in [1.807, 2.05) is 36.4 Å². The zero-order valence-corrected chi connectivity index (χ0v) is 8.05. The van der Waals surface area contributed by atoms with Gasteiger partial charge in [-0.2, -0.15) is 0 Å². The highest BCUT2D eigenvalue weighted by molar-refractivity contribution is 5.33. The van der Waals surface area contributed by atoms with Crippen molar-refractivity contribution in [3.8, 4) is 17.8 Å².